The number of hydrogen-bond donors (Lipinski definition) is 1. The van der Waals surface area contributed by atoms with E-state index in [9.17, 15) is 14.0 Å². The molecule has 3 aromatic rings. The van der Waals surface area contributed by atoms with Crippen LogP contribution in [0.4, 0.5) is 4.39 Å². The number of piperidine rings is 1. The summed E-state index contributed by atoms with van der Waals surface area (Å²) in [7, 11) is 0. The molecule has 6 heteroatoms. The average molecular weight is 434 g/mol. The monoisotopic (exact) mass is 433 g/mol. The van der Waals surface area contributed by atoms with Crippen molar-refractivity contribution in [2.45, 2.75) is 51.4 Å². The maximum atomic E-state index is 14.7. The van der Waals surface area contributed by atoms with Crippen LogP contribution in [0.15, 0.2) is 47.3 Å². The second kappa shape index (κ2) is 8.49. The second-order valence-electron chi connectivity index (χ2n) is 9.39. The third kappa shape index (κ3) is 3.94. The van der Waals surface area contributed by atoms with Gasteiger partial charge in [-0.25, -0.2) is 9.49 Å². The van der Waals surface area contributed by atoms with E-state index in [-0.39, 0.29) is 17.0 Å². The van der Waals surface area contributed by atoms with E-state index in [0.717, 1.165) is 23.8 Å². The van der Waals surface area contributed by atoms with Crippen molar-refractivity contribution in [1.82, 2.24) is 15.1 Å². The standard InChI is InChI=1S/C26H28FN3O2/c27-22-9-8-18(17-23-19-6-2-3-7-20(19)24(31)29-28-23)16-21(22)25(32)30-14-12-26(13-15-30)10-4-1-5-11-26/h2-3,6-9,16H,1,4-5,10-15,17H2,(H,29,31). The van der Waals surface area contributed by atoms with Crippen LogP contribution in [0.3, 0.4) is 0 Å². The van der Waals surface area contributed by atoms with Crippen molar-refractivity contribution in [1.29, 1.82) is 0 Å². The molecule has 1 saturated heterocycles. The van der Waals surface area contributed by atoms with Crippen LogP contribution in [0, 0.1) is 11.2 Å². The molecule has 32 heavy (non-hydrogen) atoms. The van der Waals surface area contributed by atoms with Crippen LogP contribution >= 0.6 is 0 Å². The highest BCUT2D eigenvalue weighted by atomic mass is 19.1. The number of rotatable bonds is 3. The van der Waals surface area contributed by atoms with Crippen LogP contribution in [-0.4, -0.2) is 34.1 Å². The minimum Gasteiger partial charge on any atom is -0.339 e. The van der Waals surface area contributed by atoms with Gasteiger partial charge >= 0.3 is 0 Å². The molecule has 1 amide bonds. The van der Waals surface area contributed by atoms with Crippen molar-refractivity contribution in [3.8, 4) is 0 Å². The Kier molecular flexibility index (Phi) is 5.53. The maximum absolute atomic E-state index is 14.7. The molecular weight excluding hydrogens is 405 g/mol. The molecule has 0 radical (unpaired) electrons. The van der Waals surface area contributed by atoms with Gasteiger partial charge in [-0.15, -0.1) is 0 Å². The van der Waals surface area contributed by atoms with Gasteiger partial charge in [-0.3, -0.25) is 9.59 Å². The van der Waals surface area contributed by atoms with Crippen molar-refractivity contribution in [2.75, 3.05) is 13.1 Å². The van der Waals surface area contributed by atoms with E-state index >= 15 is 0 Å². The summed E-state index contributed by atoms with van der Waals surface area (Å²) in [5.74, 6) is -0.717. The fourth-order valence-electron chi connectivity index (χ4n) is 5.50. The SMILES string of the molecule is O=C(c1cc(Cc2n[nH]c(=O)c3ccccc23)ccc1F)N1CCC2(CCCCC2)CC1. The van der Waals surface area contributed by atoms with Gasteiger partial charge in [0, 0.05) is 24.9 Å². The fraction of sp³-hybridized carbons (Fsp3) is 0.423. The van der Waals surface area contributed by atoms with Crippen LogP contribution in [0.1, 0.15) is 66.6 Å². The number of aromatic amines is 1. The number of halogens is 1. The van der Waals surface area contributed by atoms with E-state index in [2.05, 4.69) is 10.2 Å². The molecule has 0 atom stereocenters. The summed E-state index contributed by atoms with van der Waals surface area (Å²) in [4.78, 5) is 27.0. The van der Waals surface area contributed by atoms with Gasteiger partial charge in [-0.1, -0.05) is 43.5 Å². The van der Waals surface area contributed by atoms with Gasteiger partial charge in [0.15, 0.2) is 0 Å². The number of carbonyl (C=O) groups excluding carboxylic acids is 1. The quantitative estimate of drug-likeness (QED) is 0.643. The minimum absolute atomic E-state index is 0.121. The van der Waals surface area contributed by atoms with E-state index in [0.29, 0.717) is 36.0 Å². The molecule has 2 aromatic carbocycles. The lowest BCUT2D eigenvalue weighted by Crippen LogP contribution is -2.44. The predicted molar refractivity (Wildman–Crippen MR) is 122 cm³/mol. The van der Waals surface area contributed by atoms with E-state index < -0.39 is 5.82 Å². The Labute approximate surface area is 186 Å². The molecule has 0 bridgehead atoms. The Bertz CT molecular complexity index is 1200. The number of hydrogen-bond acceptors (Lipinski definition) is 3. The lowest BCUT2D eigenvalue weighted by Gasteiger charge is -2.44. The Hall–Kier alpha value is -3.02. The number of nitrogens with one attached hydrogen (secondary N) is 1. The number of carbonyl (C=O) groups is 1. The van der Waals surface area contributed by atoms with Crippen molar-refractivity contribution in [3.63, 3.8) is 0 Å². The third-order valence-electron chi connectivity index (χ3n) is 7.43. The van der Waals surface area contributed by atoms with Gasteiger partial charge < -0.3 is 4.90 Å². The second-order valence-corrected chi connectivity index (χ2v) is 9.39. The molecule has 5 nitrogen and oxygen atoms in total. The molecule has 1 N–H and O–H groups in total. The number of H-pyrrole nitrogens is 1. The first-order valence-corrected chi connectivity index (χ1v) is 11.6. The zero-order valence-corrected chi connectivity index (χ0v) is 18.2. The smallest absolute Gasteiger partial charge is 0.272 e. The van der Waals surface area contributed by atoms with Gasteiger partial charge in [0.05, 0.1) is 16.6 Å². The summed E-state index contributed by atoms with van der Waals surface area (Å²) < 4.78 is 14.7. The Morgan fingerprint density at radius 2 is 1.72 bits per heavy atom. The largest absolute Gasteiger partial charge is 0.339 e. The molecule has 1 spiro atoms. The third-order valence-corrected chi connectivity index (χ3v) is 7.43. The van der Waals surface area contributed by atoms with Crippen molar-refractivity contribution < 1.29 is 9.18 Å². The highest BCUT2D eigenvalue weighted by Gasteiger charge is 2.37. The number of fused-ring (bicyclic) bond motifs is 1. The number of amides is 1. The molecule has 0 unspecified atom stereocenters. The summed E-state index contributed by atoms with van der Waals surface area (Å²) in [6, 6.07) is 12.0. The minimum atomic E-state index is -0.490. The molecule has 2 heterocycles. The average Bonchev–Trinajstić information content (AvgIpc) is 2.83. The Morgan fingerprint density at radius 1 is 1.00 bits per heavy atom. The van der Waals surface area contributed by atoms with E-state index in [1.54, 1.807) is 18.2 Å². The molecule has 1 aromatic heterocycles. The topological polar surface area (TPSA) is 66.1 Å². The zero-order valence-electron chi connectivity index (χ0n) is 18.2. The molecule has 166 valence electrons. The van der Waals surface area contributed by atoms with Crippen LogP contribution < -0.4 is 5.56 Å². The molecule has 2 aliphatic rings. The van der Waals surface area contributed by atoms with Gasteiger partial charge in [-0.2, -0.15) is 5.10 Å². The van der Waals surface area contributed by atoms with Gasteiger partial charge in [0.25, 0.3) is 11.5 Å². The molecule has 1 saturated carbocycles. The first-order valence-electron chi connectivity index (χ1n) is 11.6. The van der Waals surface area contributed by atoms with Crippen LogP contribution in [0.5, 0.6) is 0 Å². The van der Waals surface area contributed by atoms with E-state index in [1.165, 1.54) is 38.2 Å². The molecule has 1 aliphatic carbocycles. The molecule has 1 aliphatic heterocycles. The lowest BCUT2D eigenvalue weighted by atomic mass is 9.68. The van der Waals surface area contributed by atoms with Crippen LogP contribution in [0.2, 0.25) is 0 Å². The highest BCUT2D eigenvalue weighted by Crippen LogP contribution is 2.44. The number of benzene rings is 2. The van der Waals surface area contributed by atoms with Crippen molar-refractivity contribution in [2.24, 2.45) is 5.41 Å². The lowest BCUT2D eigenvalue weighted by molar-refractivity contribution is 0.0468. The molecular formula is C26H28FN3O2. The normalized spacial score (nSPS) is 18.2. The van der Waals surface area contributed by atoms with Crippen molar-refractivity contribution in [3.05, 3.63) is 75.5 Å². The molecule has 5 rings (SSSR count). The summed E-state index contributed by atoms with van der Waals surface area (Å²) >= 11 is 0. The number of nitrogens with zero attached hydrogens (tertiary/aromatic N) is 2. The van der Waals surface area contributed by atoms with Crippen molar-refractivity contribution >= 4 is 16.7 Å². The Balaban J connectivity index is 1.36. The summed E-state index contributed by atoms with van der Waals surface area (Å²) in [6.07, 6.45) is 8.87. The van der Waals surface area contributed by atoms with Gasteiger partial charge in [0.1, 0.15) is 5.82 Å². The molecule has 2 fully saturated rings. The van der Waals surface area contributed by atoms with Gasteiger partial charge in [-0.05, 0) is 54.9 Å². The van der Waals surface area contributed by atoms with Crippen LogP contribution in [0.25, 0.3) is 10.8 Å². The van der Waals surface area contributed by atoms with E-state index in [4.69, 9.17) is 0 Å². The zero-order chi connectivity index (χ0) is 22.1. The first kappa shape index (κ1) is 20.9. The summed E-state index contributed by atoms with van der Waals surface area (Å²) in [6.45, 7) is 1.41. The van der Waals surface area contributed by atoms with E-state index in [1.807, 2.05) is 23.1 Å². The number of likely N-dealkylation sites (tertiary alicyclic amines) is 1. The Morgan fingerprint density at radius 3 is 2.47 bits per heavy atom. The highest BCUT2D eigenvalue weighted by molar-refractivity contribution is 5.95. The number of aromatic nitrogens is 2. The predicted octanol–water partition coefficient (Wildman–Crippen LogP) is 4.84. The summed E-state index contributed by atoms with van der Waals surface area (Å²) in [5.41, 5.74) is 1.77. The first-order chi connectivity index (χ1) is 15.5. The van der Waals surface area contributed by atoms with Crippen LogP contribution in [-0.2, 0) is 6.42 Å². The maximum Gasteiger partial charge on any atom is 0.272 e. The van der Waals surface area contributed by atoms with Gasteiger partial charge in [0.2, 0.25) is 0 Å². The fourth-order valence-corrected chi connectivity index (χ4v) is 5.50. The summed E-state index contributed by atoms with van der Waals surface area (Å²) in [5, 5.41) is 8.08.